The van der Waals surface area contributed by atoms with Crippen LogP contribution in [0.25, 0.3) is 10.9 Å². The third-order valence-corrected chi connectivity index (χ3v) is 5.10. The highest BCUT2D eigenvalue weighted by Gasteiger charge is 2.43. The second-order valence-electron chi connectivity index (χ2n) is 7.73. The molecule has 0 saturated carbocycles. The average molecular weight is 382 g/mol. The molecule has 2 aromatic rings. The van der Waals surface area contributed by atoms with Gasteiger partial charge in [0.05, 0.1) is 11.1 Å². The molecular weight excluding hydrogens is 356 g/mol. The van der Waals surface area contributed by atoms with E-state index in [0.717, 1.165) is 10.9 Å². The number of likely N-dealkylation sites (N-methyl/N-ethyl adjacent to an activating group) is 1. The van der Waals surface area contributed by atoms with Gasteiger partial charge in [-0.25, -0.2) is 14.8 Å². The molecule has 28 heavy (non-hydrogen) atoms. The zero-order valence-corrected chi connectivity index (χ0v) is 16.9. The van der Waals surface area contributed by atoms with Gasteiger partial charge >= 0.3 is 5.97 Å². The van der Waals surface area contributed by atoms with Gasteiger partial charge in [0.15, 0.2) is 5.84 Å². The molecule has 1 unspecified atom stereocenters. The van der Waals surface area contributed by atoms with E-state index in [1.807, 2.05) is 57.1 Å². The maximum atomic E-state index is 12.8. The number of esters is 1. The smallest absolute Gasteiger partial charge is 0.340 e. The molecule has 2 heterocycles. The van der Waals surface area contributed by atoms with Gasteiger partial charge in [-0.05, 0) is 39.1 Å². The largest absolute Gasteiger partial charge is 0.461 e. The number of amidine groups is 1. The van der Waals surface area contributed by atoms with Crippen LogP contribution in [0.5, 0.6) is 0 Å². The van der Waals surface area contributed by atoms with E-state index in [0.29, 0.717) is 23.6 Å². The number of ether oxygens (including phenoxy) is 1. The molecule has 0 radical (unpaired) electrons. The third kappa shape index (κ3) is 3.75. The van der Waals surface area contributed by atoms with Crippen LogP contribution in [0.15, 0.2) is 35.3 Å². The van der Waals surface area contributed by atoms with Crippen molar-refractivity contribution in [1.29, 1.82) is 0 Å². The van der Waals surface area contributed by atoms with Crippen LogP contribution in [0.1, 0.15) is 36.8 Å². The first kappa shape index (κ1) is 19.9. The van der Waals surface area contributed by atoms with Crippen molar-refractivity contribution in [3.8, 4) is 0 Å². The summed E-state index contributed by atoms with van der Waals surface area (Å²) >= 11 is 0. The molecule has 1 N–H and O–H groups in total. The number of rotatable bonds is 6. The topological polar surface area (TPSA) is 83.9 Å². The Balaban J connectivity index is 2.05. The standard InChI is InChI=1S/C21H26N4O3/c1-13(2)21(3)20(27)23-18(24-21)17-15(19(26)28-11-10-25(4)5)12-14-8-6-7-9-16(14)22-17/h6-9,12-13H,10-11H2,1-5H3,(H,23,24,27). The molecule has 1 aliphatic rings. The maximum absolute atomic E-state index is 12.8. The molecule has 148 valence electrons. The van der Waals surface area contributed by atoms with E-state index in [2.05, 4.69) is 15.3 Å². The van der Waals surface area contributed by atoms with Crippen molar-refractivity contribution in [3.05, 3.63) is 41.6 Å². The fraction of sp³-hybridized carbons (Fsp3) is 0.429. The van der Waals surface area contributed by atoms with Gasteiger partial charge in [-0.2, -0.15) is 0 Å². The minimum atomic E-state index is -0.894. The Labute approximate surface area is 164 Å². The van der Waals surface area contributed by atoms with Crippen LogP contribution >= 0.6 is 0 Å². The van der Waals surface area contributed by atoms with Crippen LogP contribution < -0.4 is 5.32 Å². The number of carbonyl (C=O) groups is 2. The number of aliphatic imine (C=N–C) groups is 1. The summed E-state index contributed by atoms with van der Waals surface area (Å²) in [6.45, 7) is 6.55. The van der Waals surface area contributed by atoms with Crippen molar-refractivity contribution >= 4 is 28.6 Å². The molecule has 1 amide bonds. The summed E-state index contributed by atoms with van der Waals surface area (Å²) in [5, 5.41) is 3.63. The van der Waals surface area contributed by atoms with E-state index < -0.39 is 11.5 Å². The molecule has 0 aliphatic carbocycles. The lowest BCUT2D eigenvalue weighted by molar-refractivity contribution is -0.124. The Bertz CT molecular complexity index is 952. The fourth-order valence-electron chi connectivity index (χ4n) is 2.90. The number of para-hydroxylation sites is 1. The Morgan fingerprint density at radius 3 is 2.64 bits per heavy atom. The van der Waals surface area contributed by atoms with Crippen LogP contribution in [-0.2, 0) is 9.53 Å². The van der Waals surface area contributed by atoms with Crippen LogP contribution in [0.2, 0.25) is 0 Å². The lowest BCUT2D eigenvalue weighted by atomic mass is 9.89. The van der Waals surface area contributed by atoms with Crippen molar-refractivity contribution in [3.63, 3.8) is 0 Å². The fourth-order valence-corrected chi connectivity index (χ4v) is 2.90. The molecule has 0 saturated heterocycles. The zero-order valence-electron chi connectivity index (χ0n) is 16.9. The second-order valence-corrected chi connectivity index (χ2v) is 7.73. The average Bonchev–Trinajstić information content (AvgIpc) is 2.96. The Hall–Kier alpha value is -2.80. The molecule has 1 atom stereocenters. The van der Waals surface area contributed by atoms with Crippen LogP contribution in [0, 0.1) is 5.92 Å². The van der Waals surface area contributed by atoms with Gasteiger partial charge in [0.2, 0.25) is 0 Å². The Kier molecular flexibility index (Phi) is 5.47. The summed E-state index contributed by atoms with van der Waals surface area (Å²) < 4.78 is 5.43. The van der Waals surface area contributed by atoms with Crippen molar-refractivity contribution in [2.24, 2.45) is 10.9 Å². The zero-order chi connectivity index (χ0) is 20.5. The normalized spacial score (nSPS) is 19.2. The number of nitrogens with one attached hydrogen (secondary N) is 1. The SMILES string of the molecule is CC(C)C1(C)N=C(c2nc3ccccc3cc2C(=O)OCCN(C)C)NC1=O. The van der Waals surface area contributed by atoms with Crippen molar-refractivity contribution in [2.45, 2.75) is 26.3 Å². The molecule has 1 aromatic heterocycles. The van der Waals surface area contributed by atoms with Gasteiger partial charge in [0, 0.05) is 11.9 Å². The monoisotopic (exact) mass is 382 g/mol. The predicted octanol–water partition coefficient (Wildman–Crippen LogP) is 2.24. The first-order chi connectivity index (χ1) is 13.2. The predicted molar refractivity (Wildman–Crippen MR) is 109 cm³/mol. The quantitative estimate of drug-likeness (QED) is 0.775. The number of amides is 1. The van der Waals surface area contributed by atoms with Crippen molar-refractivity contribution < 1.29 is 14.3 Å². The minimum Gasteiger partial charge on any atom is -0.461 e. The van der Waals surface area contributed by atoms with Gasteiger partial charge in [-0.15, -0.1) is 0 Å². The van der Waals surface area contributed by atoms with Crippen LogP contribution in [0.4, 0.5) is 0 Å². The molecule has 1 aromatic carbocycles. The van der Waals surface area contributed by atoms with Crippen LogP contribution in [-0.4, -0.2) is 60.4 Å². The highest BCUT2D eigenvalue weighted by molar-refractivity contribution is 6.18. The van der Waals surface area contributed by atoms with Gasteiger partial charge in [-0.3, -0.25) is 4.79 Å². The Morgan fingerprint density at radius 1 is 1.29 bits per heavy atom. The summed E-state index contributed by atoms with van der Waals surface area (Å²) in [7, 11) is 3.82. The maximum Gasteiger partial charge on any atom is 0.340 e. The van der Waals surface area contributed by atoms with Crippen molar-refractivity contribution in [2.75, 3.05) is 27.2 Å². The molecule has 0 fully saturated rings. The van der Waals surface area contributed by atoms with E-state index in [4.69, 9.17) is 4.74 Å². The van der Waals surface area contributed by atoms with E-state index >= 15 is 0 Å². The number of benzene rings is 1. The van der Waals surface area contributed by atoms with Gasteiger partial charge in [0.1, 0.15) is 17.8 Å². The lowest BCUT2D eigenvalue weighted by Gasteiger charge is -2.21. The molecule has 0 bridgehead atoms. The van der Waals surface area contributed by atoms with Gasteiger partial charge in [0.25, 0.3) is 5.91 Å². The van der Waals surface area contributed by atoms with Crippen molar-refractivity contribution in [1.82, 2.24) is 15.2 Å². The van der Waals surface area contributed by atoms with Crippen LogP contribution in [0.3, 0.4) is 0 Å². The number of aromatic nitrogens is 1. The summed E-state index contributed by atoms with van der Waals surface area (Å²) in [4.78, 5) is 36.5. The molecule has 1 aliphatic heterocycles. The molecular formula is C21H26N4O3. The summed E-state index contributed by atoms with van der Waals surface area (Å²) in [5.74, 6) is -0.364. The molecule has 7 heteroatoms. The number of fused-ring (bicyclic) bond motifs is 1. The first-order valence-corrected chi connectivity index (χ1v) is 9.35. The molecule has 0 spiro atoms. The number of hydrogen-bond acceptors (Lipinski definition) is 6. The first-order valence-electron chi connectivity index (χ1n) is 9.35. The van der Waals surface area contributed by atoms with E-state index in [-0.39, 0.29) is 18.4 Å². The minimum absolute atomic E-state index is 0.000879. The molecule has 3 rings (SSSR count). The third-order valence-electron chi connectivity index (χ3n) is 5.10. The number of hydrogen-bond donors (Lipinski definition) is 1. The van der Waals surface area contributed by atoms with E-state index in [9.17, 15) is 9.59 Å². The second kappa shape index (κ2) is 7.67. The summed E-state index contributed by atoms with van der Waals surface area (Å²) in [5.41, 5.74) is 0.461. The van der Waals surface area contributed by atoms with Gasteiger partial charge in [-0.1, -0.05) is 32.0 Å². The summed E-state index contributed by atoms with van der Waals surface area (Å²) in [6.07, 6.45) is 0. The van der Waals surface area contributed by atoms with E-state index in [1.54, 1.807) is 13.0 Å². The lowest BCUT2D eigenvalue weighted by Crippen LogP contribution is -2.41. The Morgan fingerprint density at radius 2 is 2.00 bits per heavy atom. The highest BCUT2D eigenvalue weighted by atomic mass is 16.5. The number of carbonyl (C=O) groups excluding carboxylic acids is 2. The van der Waals surface area contributed by atoms with Gasteiger partial charge < -0.3 is 15.0 Å². The molecule has 7 nitrogen and oxygen atoms in total. The van der Waals surface area contributed by atoms with E-state index in [1.165, 1.54) is 0 Å². The number of nitrogens with zero attached hydrogens (tertiary/aromatic N) is 3. The summed E-state index contributed by atoms with van der Waals surface area (Å²) in [6, 6.07) is 9.25. The highest BCUT2D eigenvalue weighted by Crippen LogP contribution is 2.28. The number of pyridine rings is 1.